The maximum Gasteiger partial charge on any atom is 0.303 e. The molecule has 2 atom stereocenters. The number of amides is 1. The van der Waals surface area contributed by atoms with Crippen LogP contribution < -0.4 is 9.80 Å². The van der Waals surface area contributed by atoms with E-state index in [4.69, 9.17) is 0 Å². The van der Waals surface area contributed by atoms with E-state index in [2.05, 4.69) is 29.1 Å². The minimum Gasteiger partial charge on any atom is -0.314 e. The van der Waals surface area contributed by atoms with Gasteiger partial charge in [-0.05, 0) is 43.2 Å². The fourth-order valence-corrected chi connectivity index (χ4v) is 3.65. The Morgan fingerprint density at radius 1 is 1.10 bits per heavy atom. The van der Waals surface area contributed by atoms with Gasteiger partial charge in [0.1, 0.15) is 18.7 Å². The summed E-state index contributed by atoms with van der Waals surface area (Å²) in [6, 6.07) is 14.0. The van der Waals surface area contributed by atoms with E-state index < -0.39 is 11.7 Å². The van der Waals surface area contributed by atoms with Gasteiger partial charge in [-0.15, -0.1) is 0 Å². The molecule has 0 radical (unpaired) electrons. The molecule has 7 heteroatoms. The Hall–Kier alpha value is -3.32. The smallest absolute Gasteiger partial charge is 0.303 e. The lowest BCUT2D eigenvalue weighted by Gasteiger charge is -2.27. The maximum atomic E-state index is 12.6. The summed E-state index contributed by atoms with van der Waals surface area (Å²) < 4.78 is 1.71. The molecule has 1 N–H and O–H groups in total. The molecule has 1 aromatic heterocycles. The van der Waals surface area contributed by atoms with Crippen LogP contribution in [0.15, 0.2) is 55.1 Å². The highest BCUT2D eigenvalue weighted by atomic mass is 16.2. The SMILES string of the molecule is CCc1ccc2c(c1)C(=O)C(=O)N2C[NH+](C)[C@@H](C)c1ccc(-n2cncn2)cc1. The van der Waals surface area contributed by atoms with Crippen molar-refractivity contribution in [1.82, 2.24) is 14.8 Å². The molecule has 0 saturated carbocycles. The number of hydrogen-bond acceptors (Lipinski definition) is 4. The molecule has 4 rings (SSSR count). The number of aryl methyl sites for hydroxylation is 1. The van der Waals surface area contributed by atoms with Gasteiger partial charge in [-0.2, -0.15) is 5.10 Å². The van der Waals surface area contributed by atoms with Crippen molar-refractivity contribution < 1.29 is 14.5 Å². The minimum absolute atomic E-state index is 0.140. The minimum atomic E-state index is -0.443. The van der Waals surface area contributed by atoms with Crippen molar-refractivity contribution in [2.45, 2.75) is 26.3 Å². The number of fused-ring (bicyclic) bond motifs is 1. The van der Waals surface area contributed by atoms with Crippen molar-refractivity contribution in [3.05, 3.63) is 71.8 Å². The molecule has 2 heterocycles. The van der Waals surface area contributed by atoms with Gasteiger partial charge in [0.25, 0.3) is 5.78 Å². The van der Waals surface area contributed by atoms with Gasteiger partial charge in [0.15, 0.2) is 6.67 Å². The zero-order valence-electron chi connectivity index (χ0n) is 16.8. The van der Waals surface area contributed by atoms with Gasteiger partial charge in [-0.25, -0.2) is 9.67 Å². The molecule has 1 unspecified atom stereocenters. The first-order valence-electron chi connectivity index (χ1n) is 9.76. The van der Waals surface area contributed by atoms with Crippen LogP contribution in [0.1, 0.15) is 41.4 Å². The number of carbonyl (C=O) groups is 2. The van der Waals surface area contributed by atoms with Crippen molar-refractivity contribution in [3.8, 4) is 5.69 Å². The average Bonchev–Trinajstić information content (AvgIpc) is 3.37. The third kappa shape index (κ3) is 3.45. The summed E-state index contributed by atoms with van der Waals surface area (Å²) in [5.41, 5.74) is 4.38. The monoisotopic (exact) mass is 390 g/mol. The molecule has 0 bridgehead atoms. The van der Waals surface area contributed by atoms with Crippen LogP contribution in [0.25, 0.3) is 5.69 Å². The van der Waals surface area contributed by atoms with Crippen molar-refractivity contribution >= 4 is 17.4 Å². The number of aromatic nitrogens is 3. The number of carbonyl (C=O) groups excluding carboxylic acids is 2. The number of rotatable bonds is 6. The standard InChI is InChI=1S/C22H23N5O2/c1-4-16-5-10-20-19(11-16)21(28)22(29)26(20)14-25(3)15(2)17-6-8-18(9-7-17)27-13-23-12-24-27/h5-13,15H,4,14H2,1-3H3/p+1/t15-/m0/s1. The van der Waals surface area contributed by atoms with Crippen molar-refractivity contribution in [2.75, 3.05) is 18.6 Å². The lowest BCUT2D eigenvalue weighted by molar-refractivity contribution is -0.909. The third-order valence-electron chi connectivity index (χ3n) is 5.67. The van der Waals surface area contributed by atoms with E-state index in [-0.39, 0.29) is 6.04 Å². The Morgan fingerprint density at radius 2 is 1.86 bits per heavy atom. The highest BCUT2D eigenvalue weighted by Gasteiger charge is 2.38. The number of hydrogen-bond donors (Lipinski definition) is 1. The summed E-state index contributed by atoms with van der Waals surface area (Å²) in [6.07, 6.45) is 4.00. The van der Waals surface area contributed by atoms with Gasteiger partial charge >= 0.3 is 5.91 Å². The number of anilines is 1. The molecule has 1 aliphatic heterocycles. The lowest BCUT2D eigenvalue weighted by Crippen LogP contribution is -3.10. The summed E-state index contributed by atoms with van der Waals surface area (Å²) in [6.45, 7) is 4.58. The van der Waals surface area contributed by atoms with Crippen LogP contribution in [0, 0.1) is 0 Å². The van der Waals surface area contributed by atoms with Crippen LogP contribution in [-0.2, 0) is 11.2 Å². The summed E-state index contributed by atoms with van der Waals surface area (Å²) in [4.78, 5) is 31.7. The van der Waals surface area contributed by atoms with Crippen LogP contribution in [0.2, 0.25) is 0 Å². The van der Waals surface area contributed by atoms with Gasteiger partial charge in [0, 0.05) is 5.56 Å². The summed E-state index contributed by atoms with van der Waals surface area (Å²) in [7, 11) is 2.03. The topological polar surface area (TPSA) is 72.5 Å². The van der Waals surface area contributed by atoms with Gasteiger partial charge < -0.3 is 4.90 Å². The molecule has 29 heavy (non-hydrogen) atoms. The average molecular weight is 390 g/mol. The first kappa shape index (κ1) is 19.0. The zero-order valence-corrected chi connectivity index (χ0v) is 16.8. The fourth-order valence-electron chi connectivity index (χ4n) is 3.65. The second-order valence-corrected chi connectivity index (χ2v) is 7.43. The Kier molecular flexibility index (Phi) is 4.98. The molecule has 1 aliphatic rings. The Morgan fingerprint density at radius 3 is 2.52 bits per heavy atom. The Labute approximate surface area is 169 Å². The van der Waals surface area contributed by atoms with Crippen LogP contribution in [0.4, 0.5) is 5.69 Å². The van der Waals surface area contributed by atoms with Gasteiger partial charge in [-0.1, -0.05) is 25.1 Å². The highest BCUT2D eigenvalue weighted by Crippen LogP contribution is 2.29. The second-order valence-electron chi connectivity index (χ2n) is 7.43. The molecule has 0 aliphatic carbocycles. The Bertz CT molecular complexity index is 1040. The van der Waals surface area contributed by atoms with E-state index in [1.54, 1.807) is 15.9 Å². The molecule has 0 spiro atoms. The van der Waals surface area contributed by atoms with Crippen LogP contribution >= 0.6 is 0 Å². The molecular weight excluding hydrogens is 366 g/mol. The van der Waals surface area contributed by atoms with E-state index in [0.29, 0.717) is 17.9 Å². The molecular formula is C22H24N5O2+. The zero-order chi connectivity index (χ0) is 20.5. The number of benzene rings is 2. The van der Waals surface area contributed by atoms with E-state index in [0.717, 1.165) is 28.1 Å². The fraction of sp³-hybridized carbons (Fsp3) is 0.273. The highest BCUT2D eigenvalue weighted by molar-refractivity contribution is 6.52. The van der Waals surface area contributed by atoms with Gasteiger partial charge in [0.2, 0.25) is 0 Å². The first-order valence-corrected chi connectivity index (χ1v) is 9.76. The lowest BCUT2D eigenvalue weighted by atomic mass is 10.1. The molecule has 3 aromatic rings. The predicted molar refractivity (Wildman–Crippen MR) is 109 cm³/mol. The number of Topliss-reactive ketones (excluding diaryl/α,β-unsaturated/α-hetero) is 1. The molecule has 0 saturated heterocycles. The van der Waals surface area contributed by atoms with Gasteiger partial charge in [0.05, 0.1) is 24.0 Å². The third-order valence-corrected chi connectivity index (χ3v) is 5.67. The normalized spacial score (nSPS) is 15.5. The molecule has 1 amide bonds. The van der Waals surface area contributed by atoms with E-state index >= 15 is 0 Å². The maximum absolute atomic E-state index is 12.6. The van der Waals surface area contributed by atoms with Gasteiger partial charge in [-0.3, -0.25) is 14.5 Å². The number of quaternary nitrogens is 1. The molecule has 7 nitrogen and oxygen atoms in total. The summed E-state index contributed by atoms with van der Waals surface area (Å²) >= 11 is 0. The number of ketones is 1. The number of nitrogens with zero attached hydrogens (tertiary/aromatic N) is 4. The molecule has 2 aromatic carbocycles. The number of nitrogens with one attached hydrogen (secondary N) is 1. The van der Waals surface area contributed by atoms with Crippen LogP contribution in [0.3, 0.4) is 0 Å². The van der Waals surface area contributed by atoms with E-state index in [1.807, 2.05) is 44.3 Å². The van der Waals surface area contributed by atoms with Crippen molar-refractivity contribution in [1.29, 1.82) is 0 Å². The van der Waals surface area contributed by atoms with E-state index in [1.165, 1.54) is 6.33 Å². The summed E-state index contributed by atoms with van der Waals surface area (Å²) in [5.74, 6) is -0.853. The van der Waals surface area contributed by atoms with Crippen LogP contribution in [0.5, 0.6) is 0 Å². The van der Waals surface area contributed by atoms with Crippen molar-refractivity contribution in [3.63, 3.8) is 0 Å². The first-order chi connectivity index (χ1) is 14.0. The molecule has 0 fully saturated rings. The quantitative estimate of drug-likeness (QED) is 0.649. The van der Waals surface area contributed by atoms with Crippen LogP contribution in [-0.4, -0.2) is 40.2 Å². The second kappa shape index (κ2) is 7.60. The Balaban J connectivity index is 1.51. The molecule has 148 valence electrons. The van der Waals surface area contributed by atoms with E-state index in [9.17, 15) is 9.59 Å². The largest absolute Gasteiger partial charge is 0.314 e. The summed E-state index contributed by atoms with van der Waals surface area (Å²) in [5, 5.41) is 4.14. The van der Waals surface area contributed by atoms with Crippen molar-refractivity contribution in [2.24, 2.45) is 0 Å². The predicted octanol–water partition coefficient (Wildman–Crippen LogP) is 1.59.